The molecule has 1 amide bonds. The number of carbonyl (C=O) groups is 1. The fourth-order valence-corrected chi connectivity index (χ4v) is 2.60. The van der Waals surface area contributed by atoms with Crippen molar-refractivity contribution in [1.82, 2.24) is 15.3 Å². The third-order valence-electron chi connectivity index (χ3n) is 3.90. The quantitative estimate of drug-likeness (QED) is 0.499. The van der Waals surface area contributed by atoms with Gasteiger partial charge in [-0.3, -0.25) is 4.79 Å². The van der Waals surface area contributed by atoms with Crippen LogP contribution in [0.5, 0.6) is 0 Å². The number of nitrogens with zero attached hydrogens (tertiary/aromatic N) is 2. The molecule has 3 rings (SSSR count). The summed E-state index contributed by atoms with van der Waals surface area (Å²) < 4.78 is 0. The molecule has 0 saturated heterocycles. The van der Waals surface area contributed by atoms with Crippen molar-refractivity contribution in [3.8, 4) is 0 Å². The number of hydrogen-bond donors (Lipinski definition) is 4. The zero-order valence-electron chi connectivity index (χ0n) is 14.9. The fourth-order valence-electron chi connectivity index (χ4n) is 2.46. The monoisotopic (exact) mass is 382 g/mol. The second-order valence-electron chi connectivity index (χ2n) is 5.84. The number of nitrogens with one attached hydrogen (secondary N) is 3. The van der Waals surface area contributed by atoms with Crippen LogP contribution in [-0.4, -0.2) is 22.9 Å². The molecule has 7 nitrogen and oxygen atoms in total. The molecule has 8 heteroatoms. The lowest BCUT2D eigenvalue weighted by atomic mass is 10.1. The maximum absolute atomic E-state index is 12.0. The highest BCUT2D eigenvalue weighted by molar-refractivity contribution is 6.33. The minimum atomic E-state index is -0.211. The number of rotatable bonds is 5. The van der Waals surface area contributed by atoms with Crippen LogP contribution in [0.3, 0.4) is 0 Å². The number of aromatic nitrogens is 2. The highest BCUT2D eigenvalue weighted by Crippen LogP contribution is 2.27. The molecule has 0 atom stereocenters. The number of nitrogens with two attached hydrogens (primary N) is 1. The Morgan fingerprint density at radius 1 is 1.11 bits per heavy atom. The Bertz CT molecular complexity index is 992. The first-order valence-corrected chi connectivity index (χ1v) is 8.59. The number of aryl methyl sites for hydroxylation is 1. The highest BCUT2D eigenvalue weighted by atomic mass is 35.5. The van der Waals surface area contributed by atoms with Crippen LogP contribution in [0.1, 0.15) is 15.9 Å². The summed E-state index contributed by atoms with van der Waals surface area (Å²) in [6, 6.07) is 12.6. The predicted octanol–water partition coefficient (Wildman–Crippen LogP) is 3.87. The van der Waals surface area contributed by atoms with Crippen LogP contribution in [0.25, 0.3) is 0 Å². The topological polar surface area (TPSA) is 105 Å². The molecule has 0 radical (unpaired) electrons. The van der Waals surface area contributed by atoms with E-state index in [0.29, 0.717) is 33.7 Å². The molecule has 0 fully saturated rings. The molecule has 3 aromatic rings. The number of amides is 1. The average molecular weight is 383 g/mol. The van der Waals surface area contributed by atoms with Crippen molar-refractivity contribution in [3.05, 3.63) is 64.8 Å². The Balaban J connectivity index is 1.91. The van der Waals surface area contributed by atoms with E-state index >= 15 is 0 Å². The van der Waals surface area contributed by atoms with Gasteiger partial charge >= 0.3 is 0 Å². The summed E-state index contributed by atoms with van der Waals surface area (Å²) in [6.45, 7) is 1.95. The van der Waals surface area contributed by atoms with Crippen molar-refractivity contribution < 1.29 is 4.79 Å². The first kappa shape index (κ1) is 18.5. The molecular formula is C19H19ClN6O. The summed E-state index contributed by atoms with van der Waals surface area (Å²) in [6.07, 6.45) is 1.49. The summed E-state index contributed by atoms with van der Waals surface area (Å²) in [4.78, 5) is 20.7. The Hall–Kier alpha value is -3.32. The molecule has 27 heavy (non-hydrogen) atoms. The van der Waals surface area contributed by atoms with Gasteiger partial charge in [0.1, 0.15) is 5.02 Å². The number of anilines is 5. The molecule has 0 unspecified atom stereocenters. The third-order valence-corrected chi connectivity index (χ3v) is 4.18. The van der Waals surface area contributed by atoms with Gasteiger partial charge in [-0.25, -0.2) is 4.98 Å². The summed E-state index contributed by atoms with van der Waals surface area (Å²) in [5.41, 5.74) is 9.35. The van der Waals surface area contributed by atoms with Crippen molar-refractivity contribution in [2.75, 3.05) is 23.4 Å². The zero-order chi connectivity index (χ0) is 19.4. The first-order valence-electron chi connectivity index (χ1n) is 8.21. The fraction of sp³-hybridized carbons (Fsp3) is 0.105. The average Bonchev–Trinajstić information content (AvgIpc) is 2.67. The van der Waals surface area contributed by atoms with Crippen molar-refractivity contribution in [2.45, 2.75) is 6.92 Å². The molecule has 0 aliphatic heterocycles. The molecule has 0 saturated carbocycles. The van der Waals surface area contributed by atoms with E-state index in [1.165, 1.54) is 6.20 Å². The van der Waals surface area contributed by atoms with Gasteiger partial charge in [0.25, 0.3) is 5.91 Å². The number of halogens is 1. The van der Waals surface area contributed by atoms with Crippen LogP contribution >= 0.6 is 11.6 Å². The molecule has 0 spiro atoms. The van der Waals surface area contributed by atoms with E-state index in [-0.39, 0.29) is 5.91 Å². The van der Waals surface area contributed by atoms with Crippen LogP contribution in [0.4, 0.5) is 28.8 Å². The first-order chi connectivity index (χ1) is 13.0. The molecule has 5 N–H and O–H groups in total. The predicted molar refractivity (Wildman–Crippen MR) is 109 cm³/mol. The van der Waals surface area contributed by atoms with Crippen LogP contribution in [0.15, 0.2) is 48.7 Å². The number of benzene rings is 2. The largest absolute Gasteiger partial charge is 0.399 e. The van der Waals surface area contributed by atoms with Crippen molar-refractivity contribution >= 4 is 46.3 Å². The molecule has 1 aromatic heterocycles. The maximum Gasteiger partial charge on any atom is 0.253 e. The Labute approximate surface area is 162 Å². The second-order valence-corrected chi connectivity index (χ2v) is 6.25. The van der Waals surface area contributed by atoms with Crippen LogP contribution in [0, 0.1) is 6.92 Å². The van der Waals surface area contributed by atoms with E-state index in [2.05, 4.69) is 25.9 Å². The van der Waals surface area contributed by atoms with Gasteiger partial charge in [0, 0.05) is 18.4 Å². The standard InChI is InChI=1S/C19H19ClN6O/c1-11-7-8-12(21)9-16(11)25-19-23-10-14(20)17(26-19)24-15-6-4-3-5-13(15)18(27)22-2/h3-10H,21H2,1-2H3,(H,22,27)(H2,23,24,25,26). The van der Waals surface area contributed by atoms with Gasteiger partial charge < -0.3 is 21.7 Å². The molecule has 0 aliphatic rings. The van der Waals surface area contributed by atoms with Gasteiger partial charge in [-0.2, -0.15) is 4.98 Å². The highest BCUT2D eigenvalue weighted by Gasteiger charge is 2.13. The minimum absolute atomic E-state index is 0.211. The van der Waals surface area contributed by atoms with Crippen molar-refractivity contribution in [1.29, 1.82) is 0 Å². The van der Waals surface area contributed by atoms with Crippen molar-refractivity contribution in [3.63, 3.8) is 0 Å². The lowest BCUT2D eigenvalue weighted by Gasteiger charge is -2.13. The van der Waals surface area contributed by atoms with E-state index in [0.717, 1.165) is 11.3 Å². The van der Waals surface area contributed by atoms with Gasteiger partial charge in [-0.05, 0) is 36.8 Å². The number of carbonyl (C=O) groups excluding carboxylic acids is 1. The summed E-state index contributed by atoms with van der Waals surface area (Å²) in [7, 11) is 1.58. The number of nitrogen functional groups attached to an aromatic ring is 1. The third kappa shape index (κ3) is 4.27. The second kappa shape index (κ2) is 7.92. The van der Waals surface area contributed by atoms with Gasteiger partial charge in [-0.15, -0.1) is 0 Å². The van der Waals surface area contributed by atoms with Gasteiger partial charge in [0.05, 0.1) is 17.4 Å². The van der Waals surface area contributed by atoms with Crippen LogP contribution < -0.4 is 21.7 Å². The Morgan fingerprint density at radius 2 is 1.89 bits per heavy atom. The van der Waals surface area contributed by atoms with Crippen molar-refractivity contribution in [2.24, 2.45) is 0 Å². The Kier molecular flexibility index (Phi) is 5.42. The summed E-state index contributed by atoms with van der Waals surface area (Å²) >= 11 is 6.24. The lowest BCUT2D eigenvalue weighted by molar-refractivity contribution is 0.0964. The van der Waals surface area contributed by atoms with Gasteiger partial charge in [0.15, 0.2) is 5.82 Å². The normalized spacial score (nSPS) is 10.3. The van der Waals surface area contributed by atoms with E-state index < -0.39 is 0 Å². The molecular weight excluding hydrogens is 364 g/mol. The van der Waals surface area contributed by atoms with E-state index in [4.69, 9.17) is 17.3 Å². The van der Waals surface area contributed by atoms with Gasteiger partial charge in [-0.1, -0.05) is 29.8 Å². The molecule has 1 heterocycles. The van der Waals surface area contributed by atoms with E-state index in [9.17, 15) is 4.79 Å². The Morgan fingerprint density at radius 3 is 2.67 bits per heavy atom. The molecule has 0 aliphatic carbocycles. The number of hydrogen-bond acceptors (Lipinski definition) is 6. The molecule has 0 bridgehead atoms. The number of para-hydroxylation sites is 1. The van der Waals surface area contributed by atoms with E-state index in [1.807, 2.05) is 25.1 Å². The summed E-state index contributed by atoms with van der Waals surface area (Å²) in [5, 5.41) is 9.17. The smallest absolute Gasteiger partial charge is 0.253 e. The summed E-state index contributed by atoms with van der Waals surface area (Å²) in [5.74, 6) is 0.525. The van der Waals surface area contributed by atoms with Crippen LogP contribution in [0.2, 0.25) is 5.02 Å². The molecule has 138 valence electrons. The maximum atomic E-state index is 12.0. The minimum Gasteiger partial charge on any atom is -0.399 e. The van der Waals surface area contributed by atoms with E-state index in [1.54, 1.807) is 31.3 Å². The SMILES string of the molecule is CNC(=O)c1ccccc1Nc1nc(Nc2cc(N)ccc2C)ncc1Cl. The van der Waals surface area contributed by atoms with Crippen LogP contribution in [-0.2, 0) is 0 Å². The molecule has 2 aromatic carbocycles. The van der Waals surface area contributed by atoms with Gasteiger partial charge in [0.2, 0.25) is 5.95 Å². The zero-order valence-corrected chi connectivity index (χ0v) is 15.6. The lowest BCUT2D eigenvalue weighted by Crippen LogP contribution is -2.19.